The number of aryl methyl sites for hydroxylation is 1. The van der Waals surface area contributed by atoms with Gasteiger partial charge in [-0.2, -0.15) is 5.26 Å². The number of carbonyl (C=O) groups excluding carboxylic acids is 1. The number of carbonyl (C=O) groups is 1. The number of nitrogens with one attached hydrogen (secondary N) is 2. The first-order valence-corrected chi connectivity index (χ1v) is 7.71. The van der Waals surface area contributed by atoms with Crippen LogP contribution >= 0.6 is 0 Å². The predicted octanol–water partition coefficient (Wildman–Crippen LogP) is 3.08. The molecule has 1 amide bonds. The van der Waals surface area contributed by atoms with Crippen LogP contribution in [0.4, 0.5) is 0 Å². The molecule has 1 unspecified atom stereocenters. The van der Waals surface area contributed by atoms with Crippen molar-refractivity contribution < 1.29 is 4.79 Å². The van der Waals surface area contributed by atoms with E-state index < -0.39 is 0 Å². The molecule has 0 aromatic heterocycles. The predicted molar refractivity (Wildman–Crippen MR) is 88.9 cm³/mol. The highest BCUT2D eigenvalue weighted by Crippen LogP contribution is 2.14. The Morgan fingerprint density at radius 3 is 2.41 bits per heavy atom. The third-order valence-corrected chi connectivity index (χ3v) is 3.37. The van der Waals surface area contributed by atoms with Gasteiger partial charge in [-0.05, 0) is 30.4 Å². The maximum absolute atomic E-state index is 12.1. The van der Waals surface area contributed by atoms with Crippen LogP contribution in [-0.2, 0) is 11.2 Å². The maximum atomic E-state index is 12.1. The first kappa shape index (κ1) is 17.8. The molecule has 22 heavy (non-hydrogen) atoms. The van der Waals surface area contributed by atoms with Crippen molar-refractivity contribution in [2.45, 2.75) is 40.2 Å². The van der Waals surface area contributed by atoms with Gasteiger partial charge in [0, 0.05) is 12.7 Å². The van der Waals surface area contributed by atoms with Crippen LogP contribution in [0.25, 0.3) is 0 Å². The summed E-state index contributed by atoms with van der Waals surface area (Å²) in [4.78, 5) is 12.1. The Morgan fingerprint density at radius 1 is 1.27 bits per heavy atom. The zero-order valence-corrected chi connectivity index (χ0v) is 13.8. The van der Waals surface area contributed by atoms with Crippen LogP contribution in [0.15, 0.2) is 36.0 Å². The number of amides is 1. The molecule has 0 aliphatic heterocycles. The van der Waals surface area contributed by atoms with Crippen molar-refractivity contribution in [3.8, 4) is 6.07 Å². The second-order valence-electron chi connectivity index (χ2n) is 5.76. The first-order valence-electron chi connectivity index (χ1n) is 7.71. The molecule has 1 aromatic carbocycles. The maximum Gasteiger partial charge on any atom is 0.263 e. The van der Waals surface area contributed by atoms with Gasteiger partial charge < -0.3 is 10.6 Å². The van der Waals surface area contributed by atoms with Gasteiger partial charge in [-0.1, -0.05) is 45.0 Å². The van der Waals surface area contributed by atoms with Gasteiger partial charge in [0.2, 0.25) is 0 Å². The van der Waals surface area contributed by atoms with Gasteiger partial charge >= 0.3 is 0 Å². The zero-order chi connectivity index (χ0) is 16.5. The fraction of sp³-hybridized carbons (Fsp3) is 0.444. The van der Waals surface area contributed by atoms with E-state index in [-0.39, 0.29) is 17.5 Å². The molecule has 0 heterocycles. The molecule has 0 saturated carbocycles. The fourth-order valence-corrected chi connectivity index (χ4v) is 1.95. The minimum absolute atomic E-state index is 0.0951. The van der Waals surface area contributed by atoms with Crippen LogP contribution < -0.4 is 10.6 Å². The molecular weight excluding hydrogens is 274 g/mol. The van der Waals surface area contributed by atoms with Crippen LogP contribution in [0.5, 0.6) is 0 Å². The van der Waals surface area contributed by atoms with Gasteiger partial charge in [0.05, 0.1) is 6.04 Å². The molecular formula is C18H25N3O. The van der Waals surface area contributed by atoms with Crippen molar-refractivity contribution in [3.05, 3.63) is 47.2 Å². The lowest BCUT2D eigenvalue weighted by atomic mass is 10.0. The summed E-state index contributed by atoms with van der Waals surface area (Å²) in [6.07, 6.45) is 2.48. The monoisotopic (exact) mass is 299 g/mol. The Labute approximate surface area is 133 Å². The summed E-state index contributed by atoms with van der Waals surface area (Å²) in [5.74, 6) is 0.0982. The van der Waals surface area contributed by atoms with Crippen LogP contribution in [0.2, 0.25) is 0 Å². The molecule has 0 aliphatic rings. The Hall–Kier alpha value is -2.28. The number of hydrogen-bond acceptors (Lipinski definition) is 3. The molecule has 0 fully saturated rings. The Balaban J connectivity index is 2.66. The summed E-state index contributed by atoms with van der Waals surface area (Å²) >= 11 is 0. The molecule has 0 bridgehead atoms. The van der Waals surface area contributed by atoms with Crippen LogP contribution in [0.1, 0.15) is 44.9 Å². The number of nitriles is 1. The SMILES string of the molecule is CCc1ccc(C(C)NC(=O)/C(C#N)=C\NCC(C)C)cc1. The highest BCUT2D eigenvalue weighted by molar-refractivity contribution is 5.97. The lowest BCUT2D eigenvalue weighted by Crippen LogP contribution is -2.28. The second-order valence-corrected chi connectivity index (χ2v) is 5.76. The van der Waals surface area contributed by atoms with E-state index in [1.807, 2.05) is 25.1 Å². The third kappa shape index (κ3) is 5.61. The van der Waals surface area contributed by atoms with E-state index in [9.17, 15) is 4.79 Å². The molecule has 4 nitrogen and oxygen atoms in total. The molecule has 4 heteroatoms. The molecule has 2 N–H and O–H groups in total. The smallest absolute Gasteiger partial charge is 0.263 e. The van der Waals surface area contributed by atoms with Gasteiger partial charge in [-0.15, -0.1) is 0 Å². The average Bonchev–Trinajstić information content (AvgIpc) is 2.51. The quantitative estimate of drug-likeness (QED) is 0.600. The van der Waals surface area contributed by atoms with Gasteiger partial charge in [-0.3, -0.25) is 4.79 Å². The van der Waals surface area contributed by atoms with Crippen molar-refractivity contribution in [3.63, 3.8) is 0 Å². The van der Waals surface area contributed by atoms with Crippen LogP contribution in [0.3, 0.4) is 0 Å². The van der Waals surface area contributed by atoms with Gasteiger partial charge in [0.25, 0.3) is 5.91 Å². The molecule has 118 valence electrons. The average molecular weight is 299 g/mol. The molecule has 0 spiro atoms. The van der Waals surface area contributed by atoms with Gasteiger partial charge in [0.15, 0.2) is 0 Å². The van der Waals surface area contributed by atoms with E-state index in [1.54, 1.807) is 0 Å². The minimum Gasteiger partial charge on any atom is -0.389 e. The van der Waals surface area contributed by atoms with Crippen LogP contribution in [-0.4, -0.2) is 12.5 Å². The van der Waals surface area contributed by atoms with E-state index in [4.69, 9.17) is 5.26 Å². The second kappa shape index (κ2) is 8.89. The topological polar surface area (TPSA) is 64.9 Å². The van der Waals surface area contributed by atoms with Crippen LogP contribution in [0, 0.1) is 17.2 Å². The van der Waals surface area contributed by atoms with E-state index >= 15 is 0 Å². The molecule has 1 rings (SSSR count). The fourth-order valence-electron chi connectivity index (χ4n) is 1.95. The molecule has 0 aliphatic carbocycles. The number of hydrogen-bond donors (Lipinski definition) is 2. The standard InChI is InChI=1S/C18H25N3O/c1-5-15-6-8-16(9-7-15)14(4)21-18(22)17(10-19)12-20-11-13(2)3/h6-9,12-14,20H,5,11H2,1-4H3,(H,21,22)/b17-12-. The van der Waals surface area contributed by atoms with Crippen molar-refractivity contribution in [1.29, 1.82) is 5.26 Å². The Bertz CT molecular complexity index is 553. The normalized spacial score (nSPS) is 12.6. The number of benzene rings is 1. The lowest BCUT2D eigenvalue weighted by molar-refractivity contribution is -0.117. The highest BCUT2D eigenvalue weighted by Gasteiger charge is 2.13. The van der Waals surface area contributed by atoms with Gasteiger partial charge in [-0.25, -0.2) is 0 Å². The van der Waals surface area contributed by atoms with E-state index in [1.165, 1.54) is 11.8 Å². The summed E-state index contributed by atoms with van der Waals surface area (Å²) < 4.78 is 0. The minimum atomic E-state index is -0.356. The van der Waals surface area contributed by atoms with E-state index in [2.05, 4.69) is 43.5 Å². The lowest BCUT2D eigenvalue weighted by Gasteiger charge is -2.14. The molecule has 1 aromatic rings. The summed E-state index contributed by atoms with van der Waals surface area (Å²) in [5, 5.41) is 14.9. The van der Waals surface area contributed by atoms with Crippen molar-refractivity contribution in [1.82, 2.24) is 10.6 Å². The summed E-state index contributed by atoms with van der Waals surface area (Å²) in [6.45, 7) is 8.88. The van der Waals surface area contributed by atoms with Crippen molar-refractivity contribution >= 4 is 5.91 Å². The van der Waals surface area contributed by atoms with E-state index in [0.717, 1.165) is 18.5 Å². The molecule has 0 radical (unpaired) electrons. The number of rotatable bonds is 7. The first-order chi connectivity index (χ1) is 10.5. The number of nitrogens with zero attached hydrogens (tertiary/aromatic N) is 1. The summed E-state index contributed by atoms with van der Waals surface area (Å²) in [5.41, 5.74) is 2.38. The highest BCUT2D eigenvalue weighted by atomic mass is 16.1. The van der Waals surface area contributed by atoms with Crippen molar-refractivity contribution in [2.24, 2.45) is 5.92 Å². The van der Waals surface area contributed by atoms with Gasteiger partial charge in [0.1, 0.15) is 11.6 Å². The molecule has 1 atom stereocenters. The Kier molecular flexibility index (Phi) is 7.18. The van der Waals surface area contributed by atoms with Crippen molar-refractivity contribution in [2.75, 3.05) is 6.54 Å². The molecule has 0 saturated heterocycles. The summed E-state index contributed by atoms with van der Waals surface area (Å²) in [7, 11) is 0. The zero-order valence-electron chi connectivity index (χ0n) is 13.8. The third-order valence-electron chi connectivity index (χ3n) is 3.37. The summed E-state index contributed by atoms with van der Waals surface area (Å²) in [6, 6.07) is 9.94. The van der Waals surface area contributed by atoms with E-state index in [0.29, 0.717) is 5.92 Å². The largest absolute Gasteiger partial charge is 0.389 e. The Morgan fingerprint density at radius 2 is 1.91 bits per heavy atom.